The highest BCUT2D eigenvalue weighted by atomic mass is 16.3. The number of aromatic nitrogens is 3. The van der Waals surface area contributed by atoms with E-state index in [0.29, 0.717) is 22.2 Å². The van der Waals surface area contributed by atoms with Gasteiger partial charge in [0.2, 0.25) is 0 Å². The van der Waals surface area contributed by atoms with E-state index < -0.39 is 11.9 Å². The van der Waals surface area contributed by atoms with Crippen molar-refractivity contribution in [1.82, 2.24) is 15.2 Å². The van der Waals surface area contributed by atoms with Crippen LogP contribution < -0.4 is 11.1 Å². The summed E-state index contributed by atoms with van der Waals surface area (Å²) in [7, 11) is 0. The molecule has 4 aromatic rings. The van der Waals surface area contributed by atoms with E-state index in [-0.39, 0.29) is 17.2 Å². The zero-order chi connectivity index (χ0) is 19.4. The standard InChI is InChI=1S/C20H15N5O3/c21-19(28)17-14-9-4-1-2-6-12(9)23-16(10-5-3-7-13(26)18(10)27)11-8-22-20(15(11)14)25-24-17/h1-8,16,23,26-27H,(H2,21,28)(H,22,25). The fourth-order valence-corrected chi connectivity index (χ4v) is 3.79. The number of nitrogens with zero attached hydrogens (tertiary/aromatic N) is 2. The highest BCUT2D eigenvalue weighted by Gasteiger charge is 2.31. The second kappa shape index (κ2) is 5.71. The molecule has 1 unspecified atom stereocenters. The molecule has 0 bridgehead atoms. The van der Waals surface area contributed by atoms with Gasteiger partial charge in [-0.05, 0) is 12.1 Å². The minimum Gasteiger partial charge on any atom is -0.504 e. The van der Waals surface area contributed by atoms with E-state index in [2.05, 4.69) is 20.5 Å². The molecule has 138 valence electrons. The minimum atomic E-state index is -0.676. The molecule has 0 saturated heterocycles. The number of nitrogens with one attached hydrogen (secondary N) is 2. The third kappa shape index (κ3) is 2.14. The number of rotatable bonds is 2. The van der Waals surface area contributed by atoms with Gasteiger partial charge in [0.05, 0.1) is 6.04 Å². The third-order valence-corrected chi connectivity index (χ3v) is 5.02. The smallest absolute Gasteiger partial charge is 0.269 e. The molecular formula is C20H15N5O3. The summed E-state index contributed by atoms with van der Waals surface area (Å²) >= 11 is 0. The number of primary amides is 1. The summed E-state index contributed by atoms with van der Waals surface area (Å²) in [5.74, 6) is -1.10. The summed E-state index contributed by atoms with van der Waals surface area (Å²) in [6.07, 6.45) is 1.75. The Kier molecular flexibility index (Phi) is 3.29. The molecule has 6 N–H and O–H groups in total. The molecule has 1 atom stereocenters. The first kappa shape index (κ1) is 16.1. The predicted octanol–water partition coefficient (Wildman–Crippen LogP) is 2.65. The fraction of sp³-hybridized carbons (Fsp3) is 0.0500. The van der Waals surface area contributed by atoms with Gasteiger partial charge in [0.25, 0.3) is 5.91 Å². The first-order valence-electron chi connectivity index (χ1n) is 8.60. The van der Waals surface area contributed by atoms with E-state index in [9.17, 15) is 15.0 Å². The summed E-state index contributed by atoms with van der Waals surface area (Å²) < 4.78 is 0. The van der Waals surface area contributed by atoms with Gasteiger partial charge in [-0.15, -0.1) is 10.2 Å². The molecule has 1 aliphatic rings. The number of carbonyl (C=O) groups is 1. The zero-order valence-electron chi connectivity index (χ0n) is 14.5. The van der Waals surface area contributed by atoms with Crippen LogP contribution in [0.1, 0.15) is 27.7 Å². The van der Waals surface area contributed by atoms with Gasteiger partial charge < -0.3 is 26.2 Å². The van der Waals surface area contributed by atoms with Crippen LogP contribution in [0.2, 0.25) is 0 Å². The lowest BCUT2D eigenvalue weighted by atomic mass is 9.95. The van der Waals surface area contributed by atoms with Crippen LogP contribution in [0.15, 0.2) is 48.7 Å². The zero-order valence-corrected chi connectivity index (χ0v) is 14.5. The van der Waals surface area contributed by atoms with Crippen molar-refractivity contribution in [3.8, 4) is 22.6 Å². The van der Waals surface area contributed by atoms with Crippen LogP contribution in [0.5, 0.6) is 11.5 Å². The van der Waals surface area contributed by atoms with Gasteiger partial charge in [-0.1, -0.05) is 30.3 Å². The van der Waals surface area contributed by atoms with Crippen LogP contribution in [0.3, 0.4) is 0 Å². The number of amides is 1. The maximum absolute atomic E-state index is 12.1. The first-order valence-corrected chi connectivity index (χ1v) is 8.60. The molecule has 0 saturated carbocycles. The van der Waals surface area contributed by atoms with Crippen LogP contribution in [0, 0.1) is 0 Å². The summed E-state index contributed by atoms with van der Waals surface area (Å²) in [6.45, 7) is 0. The van der Waals surface area contributed by atoms with Gasteiger partial charge in [-0.2, -0.15) is 0 Å². The Morgan fingerprint density at radius 1 is 1.04 bits per heavy atom. The van der Waals surface area contributed by atoms with Crippen LogP contribution >= 0.6 is 0 Å². The van der Waals surface area contributed by atoms with Gasteiger partial charge in [0.1, 0.15) is 0 Å². The van der Waals surface area contributed by atoms with Crippen molar-refractivity contribution in [2.75, 3.05) is 5.32 Å². The van der Waals surface area contributed by atoms with Crippen molar-refractivity contribution >= 4 is 22.6 Å². The second-order valence-electron chi connectivity index (χ2n) is 6.59. The monoisotopic (exact) mass is 373 g/mol. The van der Waals surface area contributed by atoms with Crippen molar-refractivity contribution in [2.24, 2.45) is 5.73 Å². The van der Waals surface area contributed by atoms with E-state index in [4.69, 9.17) is 5.73 Å². The lowest BCUT2D eigenvalue weighted by molar-refractivity contribution is 0.0995. The number of aromatic amines is 1. The lowest BCUT2D eigenvalue weighted by Gasteiger charge is -2.20. The van der Waals surface area contributed by atoms with Crippen LogP contribution in [0.25, 0.3) is 22.2 Å². The number of nitrogens with two attached hydrogens (primary N) is 1. The number of anilines is 1. The highest BCUT2D eigenvalue weighted by molar-refractivity contribution is 6.10. The van der Waals surface area contributed by atoms with Crippen molar-refractivity contribution in [3.05, 3.63) is 65.5 Å². The molecule has 8 heteroatoms. The molecular weight excluding hydrogens is 358 g/mol. The summed E-state index contributed by atoms with van der Waals surface area (Å²) in [5.41, 5.74) is 9.46. The van der Waals surface area contributed by atoms with Gasteiger partial charge in [0.15, 0.2) is 22.8 Å². The Morgan fingerprint density at radius 2 is 1.86 bits per heavy atom. The molecule has 2 aromatic heterocycles. The molecule has 28 heavy (non-hydrogen) atoms. The molecule has 5 rings (SSSR count). The van der Waals surface area contributed by atoms with Crippen molar-refractivity contribution in [2.45, 2.75) is 6.04 Å². The average Bonchev–Trinajstić information content (AvgIpc) is 3.05. The first-order chi connectivity index (χ1) is 13.6. The number of fused-ring (bicyclic) bond motifs is 2. The molecule has 3 heterocycles. The quantitative estimate of drug-likeness (QED) is 0.343. The van der Waals surface area contributed by atoms with Gasteiger partial charge >= 0.3 is 0 Å². The number of aromatic hydroxyl groups is 2. The van der Waals surface area contributed by atoms with Crippen molar-refractivity contribution < 1.29 is 15.0 Å². The number of benzene rings is 2. The van der Waals surface area contributed by atoms with Crippen molar-refractivity contribution in [3.63, 3.8) is 0 Å². The molecule has 1 aliphatic heterocycles. The lowest BCUT2D eigenvalue weighted by Crippen LogP contribution is -2.15. The fourth-order valence-electron chi connectivity index (χ4n) is 3.79. The largest absolute Gasteiger partial charge is 0.504 e. The highest BCUT2D eigenvalue weighted by Crippen LogP contribution is 2.46. The van der Waals surface area contributed by atoms with Crippen LogP contribution in [0.4, 0.5) is 5.69 Å². The van der Waals surface area contributed by atoms with E-state index >= 15 is 0 Å². The summed E-state index contributed by atoms with van der Waals surface area (Å²) in [4.78, 5) is 15.1. The average molecular weight is 373 g/mol. The normalized spacial score (nSPS) is 14.9. The SMILES string of the molecule is NC(=O)c1nnc2[nH]cc3c2c1-c1ccccc1NC3c1cccc(O)c1O. The Labute approximate surface area is 158 Å². The molecule has 0 fully saturated rings. The number of phenols is 2. The molecule has 0 spiro atoms. The number of phenolic OH excluding ortho intramolecular Hbond substituents is 2. The third-order valence-electron chi connectivity index (χ3n) is 5.02. The predicted molar refractivity (Wildman–Crippen MR) is 103 cm³/mol. The summed E-state index contributed by atoms with van der Waals surface area (Å²) in [5, 5.41) is 32.7. The maximum atomic E-state index is 12.1. The van der Waals surface area contributed by atoms with E-state index in [1.807, 2.05) is 24.3 Å². The van der Waals surface area contributed by atoms with E-state index in [0.717, 1.165) is 16.8 Å². The molecule has 0 aliphatic carbocycles. The minimum absolute atomic E-state index is 0.0726. The number of hydrogen-bond donors (Lipinski definition) is 5. The van der Waals surface area contributed by atoms with Gasteiger partial charge in [-0.3, -0.25) is 4.79 Å². The van der Waals surface area contributed by atoms with Gasteiger partial charge in [0, 0.05) is 39.5 Å². The molecule has 0 radical (unpaired) electrons. The summed E-state index contributed by atoms with van der Waals surface area (Å²) in [6, 6.07) is 11.8. The van der Waals surface area contributed by atoms with E-state index in [1.165, 1.54) is 6.07 Å². The molecule has 2 aromatic carbocycles. The Hall–Kier alpha value is -4.07. The second-order valence-corrected chi connectivity index (χ2v) is 6.59. The number of para-hydroxylation sites is 2. The Morgan fingerprint density at radius 3 is 2.68 bits per heavy atom. The molecule has 1 amide bonds. The van der Waals surface area contributed by atoms with Gasteiger partial charge in [-0.25, -0.2) is 0 Å². The van der Waals surface area contributed by atoms with Crippen LogP contribution in [-0.2, 0) is 0 Å². The topological polar surface area (TPSA) is 137 Å². The number of carbonyl (C=O) groups excluding carboxylic acids is 1. The Balaban J connectivity index is 1.91. The number of H-pyrrole nitrogens is 1. The maximum Gasteiger partial charge on any atom is 0.269 e. The van der Waals surface area contributed by atoms with Crippen LogP contribution in [-0.4, -0.2) is 31.3 Å². The van der Waals surface area contributed by atoms with E-state index in [1.54, 1.807) is 18.3 Å². The Bertz CT molecular complexity index is 1260. The van der Waals surface area contributed by atoms with Crippen molar-refractivity contribution in [1.29, 1.82) is 0 Å². The molecule has 8 nitrogen and oxygen atoms in total. The number of hydrogen-bond acceptors (Lipinski definition) is 6.